The summed E-state index contributed by atoms with van der Waals surface area (Å²) in [6.45, 7) is 0. The van der Waals surface area contributed by atoms with Crippen LogP contribution in [0.2, 0.25) is 5.02 Å². The monoisotopic (exact) mass is 233 g/mol. The van der Waals surface area contributed by atoms with Gasteiger partial charge in [-0.25, -0.2) is 0 Å². The lowest BCUT2D eigenvalue weighted by Crippen LogP contribution is -2.01. The van der Waals surface area contributed by atoms with Crippen molar-refractivity contribution in [3.63, 3.8) is 0 Å². The fourth-order valence-corrected chi connectivity index (χ4v) is 1.96. The fraction of sp³-hybridized carbons (Fsp3) is 0.333. The van der Waals surface area contributed by atoms with Crippen molar-refractivity contribution in [2.75, 3.05) is 0 Å². The molecule has 0 atom stereocenters. The van der Waals surface area contributed by atoms with Crippen LogP contribution >= 0.6 is 11.6 Å². The molecule has 1 aromatic heterocycles. The molecule has 4 heteroatoms. The third-order valence-corrected chi connectivity index (χ3v) is 3.11. The third-order valence-electron chi connectivity index (χ3n) is 2.86. The summed E-state index contributed by atoms with van der Waals surface area (Å²) < 4.78 is 2.19. The van der Waals surface area contributed by atoms with Crippen molar-refractivity contribution >= 4 is 11.6 Å². The number of rotatable bonds is 3. The molecule has 0 bridgehead atoms. The van der Waals surface area contributed by atoms with E-state index in [1.165, 1.54) is 18.4 Å². The Morgan fingerprint density at radius 1 is 1.25 bits per heavy atom. The van der Waals surface area contributed by atoms with Gasteiger partial charge in [0, 0.05) is 17.5 Å². The molecule has 1 saturated carbocycles. The fourth-order valence-electron chi connectivity index (χ4n) is 1.84. The van der Waals surface area contributed by atoms with Crippen LogP contribution in [-0.2, 0) is 6.42 Å². The van der Waals surface area contributed by atoms with Gasteiger partial charge in [-0.15, -0.1) is 10.2 Å². The Morgan fingerprint density at radius 3 is 2.69 bits per heavy atom. The van der Waals surface area contributed by atoms with Gasteiger partial charge in [0.2, 0.25) is 0 Å². The van der Waals surface area contributed by atoms with Crippen molar-refractivity contribution < 1.29 is 0 Å². The highest BCUT2D eigenvalue weighted by Gasteiger charge is 2.25. The maximum absolute atomic E-state index is 5.85. The van der Waals surface area contributed by atoms with E-state index >= 15 is 0 Å². The molecule has 1 aliphatic carbocycles. The molecule has 82 valence electrons. The van der Waals surface area contributed by atoms with Crippen LogP contribution in [0.4, 0.5) is 0 Å². The Morgan fingerprint density at radius 2 is 2.00 bits per heavy atom. The van der Waals surface area contributed by atoms with Crippen LogP contribution in [-0.4, -0.2) is 14.8 Å². The highest BCUT2D eigenvalue weighted by atomic mass is 35.5. The highest BCUT2D eigenvalue weighted by molar-refractivity contribution is 6.30. The summed E-state index contributed by atoms with van der Waals surface area (Å²) in [6, 6.07) is 8.53. The van der Waals surface area contributed by atoms with Crippen molar-refractivity contribution in [3.05, 3.63) is 47.0 Å². The van der Waals surface area contributed by atoms with E-state index in [0.29, 0.717) is 6.04 Å². The molecule has 0 radical (unpaired) electrons. The van der Waals surface area contributed by atoms with Crippen molar-refractivity contribution in [1.29, 1.82) is 0 Å². The number of hydrogen-bond donors (Lipinski definition) is 0. The number of hydrogen-bond acceptors (Lipinski definition) is 2. The zero-order valence-electron chi connectivity index (χ0n) is 8.81. The Labute approximate surface area is 99.1 Å². The first-order valence-corrected chi connectivity index (χ1v) is 5.83. The summed E-state index contributed by atoms with van der Waals surface area (Å²) in [5.41, 5.74) is 1.22. The average Bonchev–Trinajstić information content (AvgIpc) is 3.03. The van der Waals surface area contributed by atoms with Gasteiger partial charge in [0.1, 0.15) is 12.2 Å². The highest BCUT2D eigenvalue weighted by Crippen LogP contribution is 2.35. The molecule has 0 aliphatic heterocycles. The second-order valence-electron chi connectivity index (χ2n) is 4.19. The van der Waals surface area contributed by atoms with Crippen LogP contribution in [0, 0.1) is 0 Å². The van der Waals surface area contributed by atoms with Gasteiger partial charge in [0.15, 0.2) is 0 Å². The first kappa shape index (κ1) is 9.85. The van der Waals surface area contributed by atoms with Gasteiger partial charge >= 0.3 is 0 Å². The maximum Gasteiger partial charge on any atom is 0.137 e. The molecule has 16 heavy (non-hydrogen) atoms. The van der Waals surface area contributed by atoms with E-state index in [0.717, 1.165) is 17.3 Å². The zero-order valence-corrected chi connectivity index (χ0v) is 9.56. The lowest BCUT2D eigenvalue weighted by molar-refractivity contribution is 0.694. The van der Waals surface area contributed by atoms with E-state index in [9.17, 15) is 0 Å². The van der Waals surface area contributed by atoms with Gasteiger partial charge in [-0.1, -0.05) is 23.7 Å². The van der Waals surface area contributed by atoms with Gasteiger partial charge in [0.05, 0.1) is 0 Å². The van der Waals surface area contributed by atoms with Crippen LogP contribution in [0.5, 0.6) is 0 Å². The Balaban J connectivity index is 1.82. The lowest BCUT2D eigenvalue weighted by Gasteiger charge is -2.04. The normalized spacial score (nSPS) is 15.3. The quantitative estimate of drug-likeness (QED) is 0.816. The SMILES string of the molecule is Clc1ccc(Cc2nncn2C2CC2)cc1. The molecule has 1 aliphatic rings. The molecule has 1 fully saturated rings. The van der Waals surface area contributed by atoms with E-state index in [1.54, 1.807) is 0 Å². The number of aromatic nitrogens is 3. The summed E-state index contributed by atoms with van der Waals surface area (Å²) in [4.78, 5) is 0. The smallest absolute Gasteiger partial charge is 0.137 e. The summed E-state index contributed by atoms with van der Waals surface area (Å²) in [6.07, 6.45) is 5.17. The predicted octanol–water partition coefficient (Wildman–Crippen LogP) is 2.86. The van der Waals surface area contributed by atoms with Crippen LogP contribution in [0.3, 0.4) is 0 Å². The molecule has 1 aromatic carbocycles. The van der Waals surface area contributed by atoms with Gasteiger partial charge in [-0.2, -0.15) is 0 Å². The first-order chi connectivity index (χ1) is 7.83. The van der Waals surface area contributed by atoms with E-state index < -0.39 is 0 Å². The molecule has 2 aromatic rings. The molecule has 0 unspecified atom stereocenters. The second kappa shape index (κ2) is 3.91. The maximum atomic E-state index is 5.85. The van der Waals surface area contributed by atoms with Crippen molar-refractivity contribution in [2.45, 2.75) is 25.3 Å². The summed E-state index contributed by atoms with van der Waals surface area (Å²) in [7, 11) is 0. The van der Waals surface area contributed by atoms with Crippen molar-refractivity contribution in [3.8, 4) is 0 Å². The minimum Gasteiger partial charge on any atom is -0.314 e. The first-order valence-electron chi connectivity index (χ1n) is 5.46. The molecule has 0 spiro atoms. The Bertz CT molecular complexity index is 485. The van der Waals surface area contributed by atoms with Crippen molar-refractivity contribution in [2.24, 2.45) is 0 Å². The largest absolute Gasteiger partial charge is 0.314 e. The van der Waals surface area contributed by atoms with Gasteiger partial charge in [-0.05, 0) is 30.5 Å². The minimum absolute atomic E-state index is 0.636. The van der Waals surface area contributed by atoms with Gasteiger partial charge in [-0.3, -0.25) is 0 Å². The molecule has 3 rings (SSSR count). The van der Waals surface area contributed by atoms with Crippen LogP contribution in [0.15, 0.2) is 30.6 Å². The molecular formula is C12H12ClN3. The zero-order chi connectivity index (χ0) is 11.0. The number of benzene rings is 1. The molecule has 0 amide bonds. The summed E-state index contributed by atoms with van der Waals surface area (Å²) in [5.74, 6) is 1.05. The topological polar surface area (TPSA) is 30.7 Å². The van der Waals surface area contributed by atoms with Gasteiger partial charge < -0.3 is 4.57 Å². The van der Waals surface area contributed by atoms with Crippen LogP contribution < -0.4 is 0 Å². The lowest BCUT2D eigenvalue weighted by atomic mass is 10.1. The summed E-state index contributed by atoms with van der Waals surface area (Å²) in [5, 5.41) is 8.93. The van der Waals surface area contributed by atoms with E-state index in [1.807, 2.05) is 30.6 Å². The molecule has 3 nitrogen and oxygen atoms in total. The van der Waals surface area contributed by atoms with Crippen molar-refractivity contribution in [1.82, 2.24) is 14.8 Å². The van der Waals surface area contributed by atoms with Crippen LogP contribution in [0.25, 0.3) is 0 Å². The Kier molecular flexibility index (Phi) is 2.40. The molecule has 1 heterocycles. The number of nitrogens with zero attached hydrogens (tertiary/aromatic N) is 3. The molecular weight excluding hydrogens is 222 g/mol. The van der Waals surface area contributed by atoms with E-state index in [-0.39, 0.29) is 0 Å². The third kappa shape index (κ3) is 1.95. The predicted molar refractivity (Wildman–Crippen MR) is 62.6 cm³/mol. The van der Waals surface area contributed by atoms with Gasteiger partial charge in [0.25, 0.3) is 0 Å². The van der Waals surface area contributed by atoms with E-state index in [4.69, 9.17) is 11.6 Å². The number of halogens is 1. The summed E-state index contributed by atoms with van der Waals surface area (Å²) >= 11 is 5.85. The average molecular weight is 234 g/mol. The molecule has 0 saturated heterocycles. The van der Waals surface area contributed by atoms with E-state index in [2.05, 4.69) is 14.8 Å². The molecule has 0 N–H and O–H groups in total. The Hall–Kier alpha value is -1.35. The second-order valence-corrected chi connectivity index (χ2v) is 4.63. The van der Waals surface area contributed by atoms with Crippen LogP contribution in [0.1, 0.15) is 30.3 Å². The standard InChI is InChI=1S/C12H12ClN3/c13-10-3-1-9(2-4-10)7-12-15-14-8-16(12)11-5-6-11/h1-4,8,11H,5-7H2. The minimum atomic E-state index is 0.636.